The van der Waals surface area contributed by atoms with Gasteiger partial charge in [-0.3, -0.25) is 0 Å². The topological polar surface area (TPSA) is 0 Å². The van der Waals surface area contributed by atoms with Crippen LogP contribution >= 0.6 is 24.8 Å². The Morgan fingerprint density at radius 2 is 1.42 bits per heavy atom. The molecule has 0 spiro atoms. The quantitative estimate of drug-likeness (QED) is 0.609. The second-order valence-electron chi connectivity index (χ2n) is 5.27. The standard InChI is InChI=1S/C17H18S2/c1-17(2,14-11-7-4-8-12-14)15(16(18)19)13-9-5-3-6-10-13/h3-12,15H,1-2H3,(H,18,19). The van der Waals surface area contributed by atoms with E-state index in [2.05, 4.69) is 75.0 Å². The molecule has 2 aromatic carbocycles. The lowest BCUT2D eigenvalue weighted by Gasteiger charge is -2.34. The normalized spacial score (nSPS) is 13.0. The Morgan fingerprint density at radius 1 is 0.947 bits per heavy atom. The highest BCUT2D eigenvalue weighted by molar-refractivity contribution is 8.11. The highest BCUT2D eigenvalue weighted by Gasteiger charge is 2.34. The molecule has 0 aromatic heterocycles. The third kappa shape index (κ3) is 3.07. The van der Waals surface area contributed by atoms with E-state index < -0.39 is 0 Å². The Labute approximate surface area is 126 Å². The molecule has 2 rings (SSSR count). The minimum absolute atomic E-state index is 0.0819. The van der Waals surface area contributed by atoms with Gasteiger partial charge in [0.2, 0.25) is 0 Å². The van der Waals surface area contributed by atoms with Crippen LogP contribution in [0.3, 0.4) is 0 Å². The minimum atomic E-state index is -0.0819. The largest absolute Gasteiger partial charge is 0.136 e. The summed E-state index contributed by atoms with van der Waals surface area (Å²) in [5.74, 6) is 0.120. The molecule has 1 atom stereocenters. The van der Waals surface area contributed by atoms with Crippen molar-refractivity contribution in [3.8, 4) is 0 Å². The average Bonchev–Trinajstić information content (AvgIpc) is 2.40. The monoisotopic (exact) mass is 286 g/mol. The first-order chi connectivity index (χ1) is 9.03. The van der Waals surface area contributed by atoms with Gasteiger partial charge >= 0.3 is 0 Å². The van der Waals surface area contributed by atoms with Crippen LogP contribution in [-0.4, -0.2) is 4.20 Å². The molecule has 1 unspecified atom stereocenters. The molecule has 0 nitrogen and oxygen atoms in total. The van der Waals surface area contributed by atoms with Crippen LogP contribution < -0.4 is 0 Å². The van der Waals surface area contributed by atoms with E-state index in [-0.39, 0.29) is 11.3 Å². The predicted octanol–water partition coefficient (Wildman–Crippen LogP) is 5.01. The molecular weight excluding hydrogens is 268 g/mol. The molecule has 19 heavy (non-hydrogen) atoms. The summed E-state index contributed by atoms with van der Waals surface area (Å²) in [6.07, 6.45) is 0. The molecule has 0 aliphatic rings. The van der Waals surface area contributed by atoms with E-state index in [9.17, 15) is 0 Å². The summed E-state index contributed by atoms with van der Waals surface area (Å²) in [4.78, 5) is 0. The molecule has 0 amide bonds. The molecule has 0 saturated carbocycles. The van der Waals surface area contributed by atoms with Crippen molar-refractivity contribution in [2.75, 3.05) is 0 Å². The fraction of sp³-hybridized carbons (Fsp3) is 0.235. The zero-order chi connectivity index (χ0) is 13.9. The Morgan fingerprint density at radius 3 is 1.89 bits per heavy atom. The Hall–Kier alpha value is -1.12. The Balaban J connectivity index is 2.48. The molecule has 2 heteroatoms. The predicted molar refractivity (Wildman–Crippen MR) is 90.2 cm³/mol. The maximum Gasteiger partial charge on any atom is 0.0531 e. The highest BCUT2D eigenvalue weighted by Crippen LogP contribution is 2.40. The Bertz CT molecular complexity index is 544. The summed E-state index contributed by atoms with van der Waals surface area (Å²) in [5, 5.41) is 0. The number of thiol groups is 1. The van der Waals surface area contributed by atoms with Crippen molar-refractivity contribution in [1.29, 1.82) is 0 Å². The van der Waals surface area contributed by atoms with Gasteiger partial charge in [-0.2, -0.15) is 0 Å². The molecular formula is C17H18S2. The van der Waals surface area contributed by atoms with E-state index in [0.29, 0.717) is 0 Å². The lowest BCUT2D eigenvalue weighted by atomic mass is 9.71. The van der Waals surface area contributed by atoms with Crippen molar-refractivity contribution in [1.82, 2.24) is 0 Å². The molecule has 0 heterocycles. The van der Waals surface area contributed by atoms with Crippen LogP contribution in [-0.2, 0) is 5.41 Å². The molecule has 0 fully saturated rings. The van der Waals surface area contributed by atoms with Gasteiger partial charge in [-0.1, -0.05) is 86.7 Å². The maximum absolute atomic E-state index is 5.41. The van der Waals surface area contributed by atoms with Crippen molar-refractivity contribution >= 4 is 29.0 Å². The Kier molecular flexibility index (Phi) is 4.43. The smallest absolute Gasteiger partial charge is 0.0531 e. The van der Waals surface area contributed by atoms with Crippen LogP contribution in [0.4, 0.5) is 0 Å². The number of hydrogen-bond acceptors (Lipinski definition) is 1. The summed E-state index contributed by atoms with van der Waals surface area (Å²) in [6, 6.07) is 20.9. The summed E-state index contributed by atoms with van der Waals surface area (Å²) in [7, 11) is 0. The molecule has 0 radical (unpaired) electrons. The van der Waals surface area contributed by atoms with Gasteiger partial charge in [-0.25, -0.2) is 0 Å². The fourth-order valence-electron chi connectivity index (χ4n) is 2.55. The van der Waals surface area contributed by atoms with E-state index in [1.54, 1.807) is 0 Å². The van der Waals surface area contributed by atoms with Gasteiger partial charge < -0.3 is 0 Å². The second-order valence-corrected chi connectivity index (χ2v) is 6.49. The van der Waals surface area contributed by atoms with Crippen LogP contribution in [0.25, 0.3) is 0 Å². The molecule has 98 valence electrons. The first kappa shape index (κ1) is 14.3. The zero-order valence-corrected chi connectivity index (χ0v) is 12.9. The lowest BCUT2D eigenvalue weighted by molar-refractivity contribution is 0.495. The average molecular weight is 286 g/mol. The van der Waals surface area contributed by atoms with Gasteiger partial charge in [0.25, 0.3) is 0 Å². The summed E-state index contributed by atoms with van der Waals surface area (Å²) >= 11 is 9.89. The van der Waals surface area contributed by atoms with Crippen molar-refractivity contribution < 1.29 is 0 Å². The van der Waals surface area contributed by atoms with E-state index in [0.717, 1.165) is 4.20 Å². The van der Waals surface area contributed by atoms with Crippen LogP contribution in [0.2, 0.25) is 0 Å². The van der Waals surface area contributed by atoms with Gasteiger partial charge in [0, 0.05) is 11.3 Å². The van der Waals surface area contributed by atoms with E-state index >= 15 is 0 Å². The first-order valence-electron chi connectivity index (χ1n) is 6.37. The van der Waals surface area contributed by atoms with Gasteiger partial charge in [0.05, 0.1) is 4.20 Å². The van der Waals surface area contributed by atoms with Crippen molar-refractivity contribution in [2.45, 2.75) is 25.2 Å². The molecule has 0 aliphatic carbocycles. The zero-order valence-electron chi connectivity index (χ0n) is 11.2. The SMILES string of the molecule is CC(C)(c1ccccc1)C(C(=S)S)c1ccccc1. The molecule has 0 saturated heterocycles. The van der Waals surface area contributed by atoms with Crippen molar-refractivity contribution in [2.24, 2.45) is 0 Å². The summed E-state index contributed by atoms with van der Waals surface area (Å²) < 4.78 is 0.736. The minimum Gasteiger partial charge on any atom is -0.136 e. The second kappa shape index (κ2) is 5.89. The van der Waals surface area contributed by atoms with Gasteiger partial charge in [-0.15, -0.1) is 12.6 Å². The van der Waals surface area contributed by atoms with Crippen LogP contribution in [0, 0.1) is 0 Å². The van der Waals surface area contributed by atoms with Crippen LogP contribution in [0.5, 0.6) is 0 Å². The van der Waals surface area contributed by atoms with Crippen molar-refractivity contribution in [3.63, 3.8) is 0 Å². The first-order valence-corrected chi connectivity index (χ1v) is 7.22. The van der Waals surface area contributed by atoms with E-state index in [1.165, 1.54) is 11.1 Å². The van der Waals surface area contributed by atoms with Gasteiger partial charge in [-0.05, 0) is 11.1 Å². The fourth-order valence-corrected chi connectivity index (χ4v) is 3.45. The van der Waals surface area contributed by atoms with E-state index in [1.807, 2.05) is 12.1 Å². The number of rotatable bonds is 4. The maximum atomic E-state index is 5.41. The lowest BCUT2D eigenvalue weighted by Crippen LogP contribution is -2.30. The van der Waals surface area contributed by atoms with E-state index in [4.69, 9.17) is 12.2 Å². The highest BCUT2D eigenvalue weighted by atomic mass is 32.1. The van der Waals surface area contributed by atoms with Gasteiger partial charge in [0.15, 0.2) is 0 Å². The molecule has 0 N–H and O–H groups in total. The number of benzene rings is 2. The number of thiocarbonyl (C=S) groups is 1. The summed E-state index contributed by atoms with van der Waals surface area (Å²) in [6.45, 7) is 4.45. The van der Waals surface area contributed by atoms with Crippen LogP contribution in [0.1, 0.15) is 30.9 Å². The van der Waals surface area contributed by atoms with Crippen LogP contribution in [0.15, 0.2) is 60.7 Å². The molecule has 0 bridgehead atoms. The van der Waals surface area contributed by atoms with Crippen molar-refractivity contribution in [3.05, 3.63) is 71.8 Å². The third-order valence-electron chi connectivity index (χ3n) is 3.62. The number of hydrogen-bond donors (Lipinski definition) is 1. The van der Waals surface area contributed by atoms with Gasteiger partial charge in [0.1, 0.15) is 0 Å². The molecule has 0 aliphatic heterocycles. The third-order valence-corrected chi connectivity index (χ3v) is 4.11. The summed E-state index contributed by atoms with van der Waals surface area (Å²) in [5.41, 5.74) is 2.41. The molecule has 2 aromatic rings.